The number of aromatic nitrogens is 3. The van der Waals surface area contributed by atoms with Crippen molar-refractivity contribution >= 4 is 22.8 Å². The third kappa shape index (κ3) is 3.07. The fourth-order valence-electron chi connectivity index (χ4n) is 2.65. The van der Waals surface area contributed by atoms with Crippen molar-refractivity contribution in [2.45, 2.75) is 0 Å². The molecule has 120 valence electrons. The van der Waals surface area contributed by atoms with E-state index in [4.69, 9.17) is 0 Å². The Kier molecular flexibility index (Phi) is 3.88. The van der Waals surface area contributed by atoms with Gasteiger partial charge in [-0.25, -0.2) is 15.0 Å². The molecule has 0 saturated heterocycles. The zero-order chi connectivity index (χ0) is 17.1. The maximum atomic E-state index is 12.8. The van der Waals surface area contributed by atoms with E-state index < -0.39 is 0 Å². The van der Waals surface area contributed by atoms with Crippen molar-refractivity contribution in [3.8, 4) is 11.3 Å². The summed E-state index contributed by atoms with van der Waals surface area (Å²) in [5, 5.41) is 3.53. The summed E-state index contributed by atoms with van der Waals surface area (Å²) in [6.07, 6.45) is 3.17. The number of para-hydroxylation sites is 1. The van der Waals surface area contributed by atoms with Gasteiger partial charge in [0.1, 0.15) is 0 Å². The molecule has 2 heterocycles. The van der Waals surface area contributed by atoms with Crippen LogP contribution in [0.15, 0.2) is 79.1 Å². The molecule has 4 rings (SSSR count). The van der Waals surface area contributed by atoms with Crippen LogP contribution in [0.25, 0.3) is 22.2 Å². The number of hydrogen-bond donors (Lipinski definition) is 1. The van der Waals surface area contributed by atoms with Gasteiger partial charge < -0.3 is 0 Å². The Bertz CT molecular complexity index is 1030. The zero-order valence-corrected chi connectivity index (χ0v) is 13.3. The topological polar surface area (TPSA) is 67.8 Å². The van der Waals surface area contributed by atoms with E-state index in [0.29, 0.717) is 5.56 Å². The molecule has 0 bridgehead atoms. The molecule has 25 heavy (non-hydrogen) atoms. The van der Waals surface area contributed by atoms with Crippen LogP contribution in [0.2, 0.25) is 0 Å². The number of carbonyl (C=O) groups excluding carboxylic acids is 1. The lowest BCUT2D eigenvalue weighted by molar-refractivity contribution is 0.102. The minimum absolute atomic E-state index is 0.262. The lowest BCUT2D eigenvalue weighted by Crippen LogP contribution is -2.15. The summed E-state index contributed by atoms with van der Waals surface area (Å²) in [4.78, 5) is 25.6. The molecule has 2 aromatic carbocycles. The molecular weight excluding hydrogens is 312 g/mol. The number of hydrogen-bond acceptors (Lipinski definition) is 4. The van der Waals surface area contributed by atoms with Gasteiger partial charge in [0.2, 0.25) is 5.95 Å². The van der Waals surface area contributed by atoms with Gasteiger partial charge in [-0.05, 0) is 18.2 Å². The van der Waals surface area contributed by atoms with E-state index in [1.165, 1.54) is 0 Å². The van der Waals surface area contributed by atoms with E-state index in [-0.39, 0.29) is 11.9 Å². The minimum Gasteiger partial charge on any atom is -0.290 e. The van der Waals surface area contributed by atoms with Crippen LogP contribution >= 0.6 is 0 Å². The Morgan fingerprint density at radius 3 is 2.36 bits per heavy atom. The standard InChI is InChI=1S/C20H14N4O/c25-19(24-20-21-11-6-12-22-20)16-13-18(14-7-2-1-3-8-14)23-17-10-5-4-9-15(16)17/h1-13H,(H,21,22,24,25). The van der Waals surface area contributed by atoms with Gasteiger partial charge in [-0.2, -0.15) is 0 Å². The first-order valence-electron chi connectivity index (χ1n) is 7.85. The fourth-order valence-corrected chi connectivity index (χ4v) is 2.65. The van der Waals surface area contributed by atoms with Gasteiger partial charge in [0.05, 0.1) is 16.8 Å². The maximum absolute atomic E-state index is 12.8. The summed E-state index contributed by atoms with van der Waals surface area (Å²) >= 11 is 0. The molecule has 5 heteroatoms. The summed E-state index contributed by atoms with van der Waals surface area (Å²) < 4.78 is 0. The predicted octanol–water partition coefficient (Wildman–Crippen LogP) is 3.94. The Balaban J connectivity index is 1.83. The first kappa shape index (κ1) is 15.0. The average Bonchev–Trinajstić information content (AvgIpc) is 2.68. The molecule has 0 unspecified atom stereocenters. The molecule has 0 aliphatic heterocycles. The summed E-state index contributed by atoms with van der Waals surface area (Å²) in [5.41, 5.74) is 3.01. The lowest BCUT2D eigenvalue weighted by Gasteiger charge is -2.10. The van der Waals surface area contributed by atoms with E-state index in [1.807, 2.05) is 54.6 Å². The molecule has 4 aromatic rings. The predicted molar refractivity (Wildman–Crippen MR) is 97.2 cm³/mol. The van der Waals surface area contributed by atoms with Crippen molar-refractivity contribution in [1.29, 1.82) is 0 Å². The third-order valence-electron chi connectivity index (χ3n) is 3.82. The first-order chi connectivity index (χ1) is 12.3. The Labute approximate surface area is 144 Å². The van der Waals surface area contributed by atoms with Gasteiger partial charge in [0.15, 0.2) is 0 Å². The highest BCUT2D eigenvalue weighted by Gasteiger charge is 2.14. The lowest BCUT2D eigenvalue weighted by atomic mass is 10.0. The van der Waals surface area contributed by atoms with Crippen molar-refractivity contribution in [1.82, 2.24) is 15.0 Å². The molecule has 0 aliphatic rings. The van der Waals surface area contributed by atoms with Crippen LogP contribution in [0.5, 0.6) is 0 Å². The molecule has 0 fully saturated rings. The van der Waals surface area contributed by atoms with Crippen LogP contribution in [0.4, 0.5) is 5.95 Å². The normalized spacial score (nSPS) is 10.6. The Hall–Kier alpha value is -3.60. The van der Waals surface area contributed by atoms with Crippen LogP contribution < -0.4 is 5.32 Å². The fraction of sp³-hybridized carbons (Fsp3) is 0. The minimum atomic E-state index is -0.262. The van der Waals surface area contributed by atoms with Gasteiger partial charge in [0.25, 0.3) is 5.91 Å². The molecule has 1 amide bonds. The largest absolute Gasteiger partial charge is 0.290 e. The number of anilines is 1. The second-order valence-corrected chi connectivity index (χ2v) is 5.46. The second-order valence-electron chi connectivity index (χ2n) is 5.46. The molecule has 0 spiro atoms. The summed E-state index contributed by atoms with van der Waals surface area (Å²) in [5.74, 6) is 0.0108. The van der Waals surface area contributed by atoms with Crippen molar-refractivity contribution in [3.05, 3.63) is 84.7 Å². The van der Waals surface area contributed by atoms with Crippen molar-refractivity contribution in [2.24, 2.45) is 0 Å². The van der Waals surface area contributed by atoms with Gasteiger partial charge in [0, 0.05) is 23.3 Å². The molecule has 5 nitrogen and oxygen atoms in total. The van der Waals surface area contributed by atoms with Gasteiger partial charge in [-0.1, -0.05) is 48.5 Å². The van der Waals surface area contributed by atoms with E-state index in [9.17, 15) is 4.79 Å². The highest BCUT2D eigenvalue weighted by molar-refractivity contribution is 6.12. The van der Waals surface area contributed by atoms with Crippen LogP contribution in [0.1, 0.15) is 10.4 Å². The monoisotopic (exact) mass is 326 g/mol. The first-order valence-corrected chi connectivity index (χ1v) is 7.85. The van der Waals surface area contributed by atoms with Crippen LogP contribution in [-0.2, 0) is 0 Å². The summed E-state index contributed by atoms with van der Waals surface area (Å²) in [6.45, 7) is 0. The third-order valence-corrected chi connectivity index (χ3v) is 3.82. The number of amides is 1. The summed E-state index contributed by atoms with van der Waals surface area (Å²) in [6, 6.07) is 20.9. The number of carbonyl (C=O) groups is 1. The van der Waals surface area contributed by atoms with Crippen molar-refractivity contribution < 1.29 is 4.79 Å². The molecule has 2 aromatic heterocycles. The molecule has 0 saturated carbocycles. The molecule has 0 aliphatic carbocycles. The highest BCUT2D eigenvalue weighted by atomic mass is 16.1. The molecule has 1 N–H and O–H groups in total. The Morgan fingerprint density at radius 1 is 0.840 bits per heavy atom. The van der Waals surface area contributed by atoms with Gasteiger partial charge >= 0.3 is 0 Å². The van der Waals surface area contributed by atoms with E-state index in [1.54, 1.807) is 24.5 Å². The van der Waals surface area contributed by atoms with Gasteiger partial charge in [-0.3, -0.25) is 10.1 Å². The van der Waals surface area contributed by atoms with Gasteiger partial charge in [-0.15, -0.1) is 0 Å². The van der Waals surface area contributed by atoms with E-state index in [0.717, 1.165) is 22.2 Å². The number of rotatable bonds is 3. The average molecular weight is 326 g/mol. The van der Waals surface area contributed by atoms with Crippen LogP contribution in [-0.4, -0.2) is 20.9 Å². The van der Waals surface area contributed by atoms with E-state index in [2.05, 4.69) is 20.3 Å². The number of nitrogens with one attached hydrogen (secondary N) is 1. The number of pyridine rings is 1. The SMILES string of the molecule is O=C(Nc1ncccn1)c1cc(-c2ccccc2)nc2ccccc12. The van der Waals surface area contributed by atoms with E-state index >= 15 is 0 Å². The molecular formula is C20H14N4O. The highest BCUT2D eigenvalue weighted by Crippen LogP contribution is 2.25. The smallest absolute Gasteiger partial charge is 0.258 e. The number of benzene rings is 2. The Morgan fingerprint density at radius 2 is 1.56 bits per heavy atom. The number of nitrogens with zero attached hydrogens (tertiary/aromatic N) is 3. The van der Waals surface area contributed by atoms with Crippen molar-refractivity contribution in [3.63, 3.8) is 0 Å². The van der Waals surface area contributed by atoms with Crippen molar-refractivity contribution in [2.75, 3.05) is 5.32 Å². The maximum Gasteiger partial charge on any atom is 0.258 e. The molecule has 0 radical (unpaired) electrons. The summed E-state index contributed by atoms with van der Waals surface area (Å²) in [7, 11) is 0. The molecule has 0 atom stereocenters. The van der Waals surface area contributed by atoms with Crippen LogP contribution in [0, 0.1) is 0 Å². The zero-order valence-electron chi connectivity index (χ0n) is 13.3. The quantitative estimate of drug-likeness (QED) is 0.619. The number of fused-ring (bicyclic) bond motifs is 1. The second kappa shape index (κ2) is 6.49. The van der Waals surface area contributed by atoms with Crippen LogP contribution in [0.3, 0.4) is 0 Å².